The van der Waals surface area contributed by atoms with E-state index in [9.17, 15) is 0 Å². The van der Waals surface area contributed by atoms with Crippen LogP contribution in [0.25, 0.3) is 0 Å². The molecule has 0 heterocycles. The van der Waals surface area contributed by atoms with Crippen LogP contribution in [0, 0.1) is 27.1 Å². The van der Waals surface area contributed by atoms with Crippen molar-refractivity contribution in [2.24, 2.45) is 27.1 Å². The Kier molecular flexibility index (Phi) is 13.0. The number of unbranched alkanes of at least 4 members (excludes halogenated alkanes) is 1. The minimum atomic E-state index is 0.269. The van der Waals surface area contributed by atoms with E-state index >= 15 is 0 Å². The molecule has 0 aliphatic heterocycles. The van der Waals surface area contributed by atoms with E-state index in [1.807, 2.05) is 0 Å². The lowest BCUT2D eigenvalue weighted by molar-refractivity contribution is 0.0906. The van der Waals surface area contributed by atoms with Gasteiger partial charge in [0.25, 0.3) is 0 Å². The van der Waals surface area contributed by atoms with E-state index in [0.29, 0.717) is 16.2 Å². The molecule has 0 saturated carbocycles. The molecule has 0 spiro atoms. The van der Waals surface area contributed by atoms with Gasteiger partial charge in [-0.05, 0) is 46.3 Å². The highest BCUT2D eigenvalue weighted by molar-refractivity contribution is 4.93. The van der Waals surface area contributed by atoms with Crippen molar-refractivity contribution >= 4 is 0 Å². The van der Waals surface area contributed by atoms with Crippen LogP contribution in [0.4, 0.5) is 0 Å². The molecule has 0 saturated heterocycles. The Morgan fingerprint density at radius 1 is 0.621 bits per heavy atom. The van der Waals surface area contributed by atoms with E-state index in [-0.39, 0.29) is 10.8 Å². The minimum Gasteiger partial charge on any atom is -0.377 e. The van der Waals surface area contributed by atoms with Gasteiger partial charge in [-0.3, -0.25) is 0 Å². The average molecular weight is 409 g/mol. The van der Waals surface area contributed by atoms with E-state index in [2.05, 4.69) is 121 Å². The molecule has 0 aliphatic carbocycles. The fourth-order valence-electron chi connectivity index (χ4n) is 2.31. The van der Waals surface area contributed by atoms with Crippen LogP contribution < -0.4 is 0 Å². The third-order valence-electron chi connectivity index (χ3n) is 5.19. The summed E-state index contributed by atoms with van der Waals surface area (Å²) in [5.74, 6) is 0. The zero-order valence-electron chi connectivity index (χ0n) is 22.8. The zero-order valence-corrected chi connectivity index (χ0v) is 22.8. The second-order valence-electron chi connectivity index (χ2n) is 13.6. The predicted molar refractivity (Wildman–Crippen MR) is 135 cm³/mol. The molecule has 0 radical (unpaired) electrons. The third kappa shape index (κ3) is 22.0. The maximum atomic E-state index is 5.51. The van der Waals surface area contributed by atoms with Crippen molar-refractivity contribution in [1.82, 2.24) is 0 Å². The lowest BCUT2D eigenvalue weighted by atomic mass is 9.67. The SMILES string of the molecule is CC(C)(C)/C=C/CCCC(C)(C)C(C)(C)C.CC(C)(C)/C=C/COCC(C)(C)C. The number of rotatable bonds is 7. The van der Waals surface area contributed by atoms with E-state index in [4.69, 9.17) is 4.74 Å². The van der Waals surface area contributed by atoms with E-state index in [0.717, 1.165) is 13.2 Å². The molecular formula is C28H56O. The van der Waals surface area contributed by atoms with Crippen LogP contribution in [0.2, 0.25) is 0 Å². The van der Waals surface area contributed by atoms with Crippen molar-refractivity contribution in [3.05, 3.63) is 24.3 Å². The van der Waals surface area contributed by atoms with Gasteiger partial charge in [0, 0.05) is 0 Å². The quantitative estimate of drug-likeness (QED) is 0.301. The van der Waals surface area contributed by atoms with Gasteiger partial charge >= 0.3 is 0 Å². The van der Waals surface area contributed by atoms with Crippen LogP contribution in [0.15, 0.2) is 24.3 Å². The Morgan fingerprint density at radius 3 is 1.45 bits per heavy atom. The summed E-state index contributed by atoms with van der Waals surface area (Å²) in [7, 11) is 0. The van der Waals surface area contributed by atoms with Crippen LogP contribution in [0.5, 0.6) is 0 Å². The van der Waals surface area contributed by atoms with Gasteiger partial charge in [-0.1, -0.05) is 121 Å². The largest absolute Gasteiger partial charge is 0.377 e. The summed E-state index contributed by atoms with van der Waals surface area (Å²) in [6.07, 6.45) is 12.8. The zero-order chi connectivity index (χ0) is 23.6. The molecule has 29 heavy (non-hydrogen) atoms. The summed E-state index contributed by atoms with van der Waals surface area (Å²) in [5.41, 5.74) is 1.71. The van der Waals surface area contributed by atoms with Gasteiger partial charge in [0.2, 0.25) is 0 Å². The summed E-state index contributed by atoms with van der Waals surface area (Å²) < 4.78 is 5.51. The fraction of sp³-hybridized carbons (Fsp3) is 0.857. The van der Waals surface area contributed by atoms with Gasteiger partial charge in [-0.2, -0.15) is 0 Å². The Labute approximate surface area is 185 Å². The first-order valence-corrected chi connectivity index (χ1v) is 11.6. The van der Waals surface area contributed by atoms with Gasteiger partial charge in [0.05, 0.1) is 13.2 Å². The summed E-state index contributed by atoms with van der Waals surface area (Å²) in [5, 5.41) is 0. The Bertz CT molecular complexity index is 464. The minimum absolute atomic E-state index is 0.269. The highest BCUT2D eigenvalue weighted by atomic mass is 16.5. The van der Waals surface area contributed by atoms with Crippen molar-refractivity contribution in [1.29, 1.82) is 0 Å². The smallest absolute Gasteiger partial charge is 0.0647 e. The molecule has 0 amide bonds. The Balaban J connectivity index is 0. The average Bonchev–Trinajstić information content (AvgIpc) is 2.42. The highest BCUT2D eigenvalue weighted by Crippen LogP contribution is 2.41. The number of ether oxygens (including phenoxy) is 1. The van der Waals surface area contributed by atoms with Crippen LogP contribution >= 0.6 is 0 Å². The predicted octanol–water partition coefficient (Wildman–Crippen LogP) is 9.48. The Hall–Kier alpha value is -0.560. The highest BCUT2D eigenvalue weighted by Gasteiger charge is 2.31. The third-order valence-corrected chi connectivity index (χ3v) is 5.19. The van der Waals surface area contributed by atoms with Gasteiger partial charge < -0.3 is 4.74 Å². The van der Waals surface area contributed by atoms with E-state index < -0.39 is 0 Å². The molecular weight excluding hydrogens is 352 g/mol. The van der Waals surface area contributed by atoms with Gasteiger partial charge in [-0.15, -0.1) is 0 Å². The molecule has 0 aliphatic rings. The lowest BCUT2D eigenvalue weighted by Crippen LogP contribution is -2.29. The van der Waals surface area contributed by atoms with E-state index in [1.165, 1.54) is 19.3 Å². The molecule has 0 aromatic carbocycles. The lowest BCUT2D eigenvalue weighted by Gasteiger charge is -2.39. The molecule has 0 aromatic rings. The van der Waals surface area contributed by atoms with E-state index in [1.54, 1.807) is 0 Å². The van der Waals surface area contributed by atoms with Gasteiger partial charge in [-0.25, -0.2) is 0 Å². The van der Waals surface area contributed by atoms with Crippen molar-refractivity contribution in [3.8, 4) is 0 Å². The molecule has 1 nitrogen and oxygen atoms in total. The standard InChI is InChI=1S/C16H32.C12H24O/c1-14(2,3)12-10-9-11-13-16(7,8)15(4,5)6;1-11(2,3)8-7-9-13-10-12(4,5)6/h10,12H,9,11,13H2,1-8H3;7-8H,9-10H2,1-6H3/b12-10+;8-7+. The molecule has 0 rings (SSSR count). The van der Waals surface area contributed by atoms with Crippen LogP contribution in [-0.4, -0.2) is 13.2 Å². The maximum absolute atomic E-state index is 5.51. The van der Waals surface area contributed by atoms with Crippen LogP contribution in [-0.2, 0) is 4.74 Å². The summed E-state index contributed by atoms with van der Waals surface area (Å²) >= 11 is 0. The first-order chi connectivity index (χ1) is 12.7. The number of hydrogen-bond acceptors (Lipinski definition) is 1. The van der Waals surface area contributed by atoms with Crippen molar-refractivity contribution in [3.63, 3.8) is 0 Å². The van der Waals surface area contributed by atoms with Crippen molar-refractivity contribution in [2.75, 3.05) is 13.2 Å². The van der Waals surface area contributed by atoms with Gasteiger partial charge in [0.1, 0.15) is 0 Å². The first kappa shape index (κ1) is 30.6. The maximum Gasteiger partial charge on any atom is 0.0647 e. The van der Waals surface area contributed by atoms with Crippen molar-refractivity contribution in [2.45, 2.75) is 116 Å². The molecule has 0 unspecified atom stereocenters. The molecule has 0 fully saturated rings. The number of allylic oxidation sites excluding steroid dienone is 3. The topological polar surface area (TPSA) is 9.23 Å². The first-order valence-electron chi connectivity index (χ1n) is 11.6. The second kappa shape index (κ2) is 12.3. The van der Waals surface area contributed by atoms with Crippen LogP contribution in [0.1, 0.15) is 116 Å². The molecule has 1 heteroatoms. The summed E-state index contributed by atoms with van der Waals surface area (Å²) in [6, 6.07) is 0. The summed E-state index contributed by atoms with van der Waals surface area (Å²) in [4.78, 5) is 0. The van der Waals surface area contributed by atoms with Crippen molar-refractivity contribution < 1.29 is 4.74 Å². The number of hydrogen-bond donors (Lipinski definition) is 0. The Morgan fingerprint density at radius 2 is 1.07 bits per heavy atom. The monoisotopic (exact) mass is 408 g/mol. The second-order valence-corrected chi connectivity index (χ2v) is 13.6. The summed E-state index contributed by atoms with van der Waals surface area (Å²) in [6.45, 7) is 33.2. The molecule has 0 atom stereocenters. The molecule has 174 valence electrons. The van der Waals surface area contributed by atoms with Gasteiger partial charge in [0.15, 0.2) is 0 Å². The molecule has 0 aromatic heterocycles. The normalized spacial score (nSPS) is 14.4. The molecule has 0 bridgehead atoms. The molecule has 0 N–H and O–H groups in total. The fourth-order valence-corrected chi connectivity index (χ4v) is 2.31. The van der Waals surface area contributed by atoms with Crippen LogP contribution in [0.3, 0.4) is 0 Å².